The van der Waals surface area contributed by atoms with Crippen molar-refractivity contribution in [2.24, 2.45) is 5.92 Å². The molecule has 0 heterocycles. The smallest absolute Gasteiger partial charge is 0.199 e. The van der Waals surface area contributed by atoms with Gasteiger partial charge < -0.3 is 16.2 Å². The van der Waals surface area contributed by atoms with Gasteiger partial charge >= 0.3 is 0 Å². The first-order chi connectivity index (χ1) is 10.7. The van der Waals surface area contributed by atoms with Gasteiger partial charge in [0.25, 0.3) is 0 Å². The molecule has 0 aliphatic carbocycles. The van der Waals surface area contributed by atoms with Gasteiger partial charge in [-0.1, -0.05) is 26.0 Å². The number of rotatable bonds is 5. The number of nitrogens with one attached hydrogen (secondary N) is 1. The van der Waals surface area contributed by atoms with Crippen LogP contribution in [0.3, 0.4) is 0 Å². The summed E-state index contributed by atoms with van der Waals surface area (Å²) in [4.78, 5) is 0.199. The first-order valence-electron chi connectivity index (χ1n) is 7.38. The number of phenols is 1. The van der Waals surface area contributed by atoms with E-state index in [4.69, 9.17) is 5.73 Å². The van der Waals surface area contributed by atoms with E-state index in [0.717, 1.165) is 0 Å². The molecule has 2 aromatic rings. The van der Waals surface area contributed by atoms with Crippen molar-refractivity contribution >= 4 is 21.2 Å². The SMILES string of the molecule is Cc1cccc(N[C@H](C(C)C)S(=O)(=O)c2ccc(N)cc2)c1O. The Hall–Kier alpha value is -2.21. The van der Waals surface area contributed by atoms with Gasteiger partial charge in [0.2, 0.25) is 0 Å². The number of hydrogen-bond donors (Lipinski definition) is 3. The maximum atomic E-state index is 12.9. The van der Waals surface area contributed by atoms with E-state index >= 15 is 0 Å². The Morgan fingerprint density at radius 2 is 1.70 bits per heavy atom. The molecule has 2 aromatic carbocycles. The summed E-state index contributed by atoms with van der Waals surface area (Å²) in [6, 6.07) is 11.3. The van der Waals surface area contributed by atoms with E-state index in [0.29, 0.717) is 16.9 Å². The van der Waals surface area contributed by atoms with Crippen LogP contribution < -0.4 is 11.1 Å². The highest BCUT2D eigenvalue weighted by molar-refractivity contribution is 7.92. The molecule has 0 aliphatic rings. The number of nitrogen functional groups attached to an aromatic ring is 1. The second-order valence-electron chi connectivity index (χ2n) is 5.89. The van der Waals surface area contributed by atoms with Crippen molar-refractivity contribution in [3.8, 4) is 5.75 Å². The third kappa shape index (κ3) is 3.59. The molecule has 0 fully saturated rings. The van der Waals surface area contributed by atoms with Crippen LogP contribution >= 0.6 is 0 Å². The molecule has 1 atom stereocenters. The summed E-state index contributed by atoms with van der Waals surface area (Å²) in [5.41, 5.74) is 7.22. The largest absolute Gasteiger partial charge is 0.506 e. The Morgan fingerprint density at radius 3 is 2.26 bits per heavy atom. The van der Waals surface area contributed by atoms with Crippen LogP contribution in [0.4, 0.5) is 11.4 Å². The van der Waals surface area contributed by atoms with E-state index in [9.17, 15) is 13.5 Å². The molecule has 0 bridgehead atoms. The Labute approximate surface area is 137 Å². The highest BCUT2D eigenvalue weighted by Crippen LogP contribution is 2.31. The lowest BCUT2D eigenvalue weighted by Crippen LogP contribution is -2.34. The molecule has 0 aliphatic heterocycles. The number of sulfone groups is 1. The number of hydrogen-bond acceptors (Lipinski definition) is 5. The quantitative estimate of drug-likeness (QED) is 0.577. The van der Waals surface area contributed by atoms with E-state index in [-0.39, 0.29) is 16.6 Å². The Kier molecular flexibility index (Phi) is 4.85. The zero-order chi connectivity index (χ0) is 17.2. The molecular formula is C17H22N2O3S. The van der Waals surface area contributed by atoms with Gasteiger partial charge in [-0.3, -0.25) is 0 Å². The molecule has 0 unspecified atom stereocenters. The minimum atomic E-state index is -3.62. The summed E-state index contributed by atoms with van der Waals surface area (Å²) in [6.45, 7) is 5.40. The molecule has 0 amide bonds. The molecule has 0 spiro atoms. The van der Waals surface area contributed by atoms with Gasteiger partial charge in [0.15, 0.2) is 9.84 Å². The van der Waals surface area contributed by atoms with Crippen LogP contribution in [0.25, 0.3) is 0 Å². The number of aromatic hydroxyl groups is 1. The van der Waals surface area contributed by atoms with E-state index < -0.39 is 15.2 Å². The predicted octanol–water partition coefficient (Wildman–Crippen LogP) is 3.15. The average molecular weight is 334 g/mol. The molecular weight excluding hydrogens is 312 g/mol. The third-order valence-corrected chi connectivity index (χ3v) is 5.94. The minimum absolute atomic E-state index is 0.0608. The minimum Gasteiger partial charge on any atom is -0.506 e. The molecule has 5 nitrogen and oxygen atoms in total. The number of phenolic OH excluding ortho intramolecular Hbond substituents is 1. The van der Waals surface area contributed by atoms with E-state index in [1.165, 1.54) is 12.1 Å². The highest BCUT2D eigenvalue weighted by Gasteiger charge is 2.31. The van der Waals surface area contributed by atoms with Gasteiger partial charge in [-0.25, -0.2) is 8.42 Å². The van der Waals surface area contributed by atoms with Gasteiger partial charge in [-0.2, -0.15) is 0 Å². The molecule has 0 aromatic heterocycles. The van der Waals surface area contributed by atoms with Gasteiger partial charge in [-0.15, -0.1) is 0 Å². The number of nitrogens with two attached hydrogens (primary N) is 1. The van der Waals surface area contributed by atoms with Crippen LogP contribution in [0.2, 0.25) is 0 Å². The number of aryl methyl sites for hydroxylation is 1. The molecule has 0 saturated heterocycles. The van der Waals surface area contributed by atoms with E-state index in [2.05, 4.69) is 5.32 Å². The summed E-state index contributed by atoms with van der Waals surface area (Å²) in [5, 5.41) is 12.2. The second kappa shape index (κ2) is 6.50. The number of benzene rings is 2. The average Bonchev–Trinajstić information content (AvgIpc) is 2.48. The van der Waals surface area contributed by atoms with Gasteiger partial charge in [0, 0.05) is 5.69 Å². The van der Waals surface area contributed by atoms with Crippen molar-refractivity contribution in [1.82, 2.24) is 0 Å². The number of para-hydroxylation sites is 1. The number of anilines is 2. The monoisotopic (exact) mass is 334 g/mol. The lowest BCUT2D eigenvalue weighted by molar-refractivity contribution is 0.471. The summed E-state index contributed by atoms with van der Waals surface area (Å²) in [6.07, 6.45) is 0. The summed E-state index contributed by atoms with van der Waals surface area (Å²) >= 11 is 0. The first-order valence-corrected chi connectivity index (χ1v) is 8.92. The Morgan fingerprint density at radius 1 is 1.09 bits per heavy atom. The van der Waals surface area contributed by atoms with E-state index in [1.54, 1.807) is 37.3 Å². The van der Waals surface area contributed by atoms with Crippen molar-refractivity contribution in [3.63, 3.8) is 0 Å². The maximum absolute atomic E-state index is 12.9. The van der Waals surface area contributed by atoms with Gasteiger partial charge in [-0.05, 0) is 48.7 Å². The Balaban J connectivity index is 2.42. The molecule has 4 N–H and O–H groups in total. The van der Waals surface area contributed by atoms with Gasteiger partial charge in [0.05, 0.1) is 10.6 Å². The van der Waals surface area contributed by atoms with Crippen molar-refractivity contribution in [3.05, 3.63) is 48.0 Å². The summed E-state index contributed by atoms with van der Waals surface area (Å²) in [7, 11) is -3.62. The fourth-order valence-electron chi connectivity index (χ4n) is 2.34. The first kappa shape index (κ1) is 17.1. The molecule has 2 rings (SSSR count). The molecule has 0 saturated carbocycles. The van der Waals surface area contributed by atoms with Crippen LogP contribution in [-0.2, 0) is 9.84 Å². The zero-order valence-corrected chi connectivity index (χ0v) is 14.3. The van der Waals surface area contributed by atoms with Crippen molar-refractivity contribution < 1.29 is 13.5 Å². The van der Waals surface area contributed by atoms with Crippen LogP contribution in [-0.4, -0.2) is 18.9 Å². The predicted molar refractivity (Wildman–Crippen MR) is 93.1 cm³/mol. The molecule has 0 radical (unpaired) electrons. The third-order valence-electron chi connectivity index (χ3n) is 3.68. The molecule has 124 valence electrons. The lowest BCUT2D eigenvalue weighted by Gasteiger charge is -2.24. The van der Waals surface area contributed by atoms with Crippen molar-refractivity contribution in [2.75, 3.05) is 11.1 Å². The van der Waals surface area contributed by atoms with Crippen LogP contribution in [0.1, 0.15) is 19.4 Å². The second-order valence-corrected chi connectivity index (χ2v) is 7.96. The van der Waals surface area contributed by atoms with Gasteiger partial charge in [0.1, 0.15) is 11.1 Å². The fourth-order valence-corrected chi connectivity index (χ4v) is 4.14. The van der Waals surface area contributed by atoms with Crippen LogP contribution in [0.5, 0.6) is 5.75 Å². The Bertz CT molecular complexity index is 784. The van der Waals surface area contributed by atoms with Crippen molar-refractivity contribution in [2.45, 2.75) is 31.0 Å². The molecule has 23 heavy (non-hydrogen) atoms. The normalized spacial score (nSPS) is 13.0. The van der Waals surface area contributed by atoms with Crippen molar-refractivity contribution in [1.29, 1.82) is 0 Å². The molecule has 6 heteroatoms. The zero-order valence-electron chi connectivity index (χ0n) is 13.4. The van der Waals surface area contributed by atoms with Crippen LogP contribution in [0.15, 0.2) is 47.4 Å². The fraction of sp³-hybridized carbons (Fsp3) is 0.294. The standard InChI is InChI=1S/C17H22N2O3S/c1-11(2)17(19-15-6-4-5-12(3)16(15)20)23(21,22)14-9-7-13(18)8-10-14/h4-11,17,19-20H,18H2,1-3H3/t17-/m0/s1. The summed E-state index contributed by atoms with van der Waals surface area (Å²) in [5.74, 6) is -0.136. The van der Waals surface area contributed by atoms with Crippen LogP contribution in [0, 0.1) is 12.8 Å². The lowest BCUT2D eigenvalue weighted by atomic mass is 10.1. The maximum Gasteiger partial charge on any atom is 0.199 e. The topological polar surface area (TPSA) is 92.4 Å². The highest BCUT2D eigenvalue weighted by atomic mass is 32.2. The summed E-state index contributed by atoms with van der Waals surface area (Å²) < 4.78 is 25.8. The van der Waals surface area contributed by atoms with E-state index in [1.807, 2.05) is 13.8 Å².